The van der Waals surface area contributed by atoms with Crippen molar-refractivity contribution < 1.29 is 9.53 Å². The first-order chi connectivity index (χ1) is 10.2. The van der Waals surface area contributed by atoms with Crippen LogP contribution in [0.5, 0.6) is 0 Å². The molecule has 0 aliphatic carbocycles. The molecule has 0 aliphatic rings. The molecule has 0 saturated heterocycles. The van der Waals surface area contributed by atoms with E-state index >= 15 is 0 Å². The van der Waals surface area contributed by atoms with Gasteiger partial charge in [0, 0.05) is 6.54 Å². The third-order valence-corrected chi connectivity index (χ3v) is 3.40. The molecular formula is C16H23N3O2. The number of hydrogen-bond donors (Lipinski definition) is 1. The van der Waals surface area contributed by atoms with E-state index in [1.165, 1.54) is 0 Å². The van der Waals surface area contributed by atoms with Crippen LogP contribution < -0.4 is 5.32 Å². The third-order valence-electron chi connectivity index (χ3n) is 3.40. The highest BCUT2D eigenvalue weighted by atomic mass is 16.5. The van der Waals surface area contributed by atoms with Crippen molar-refractivity contribution in [1.29, 1.82) is 0 Å². The largest absolute Gasteiger partial charge is 0.464 e. The molecule has 0 bridgehead atoms. The maximum atomic E-state index is 12.2. The number of ether oxygens (including phenoxy) is 1. The summed E-state index contributed by atoms with van der Waals surface area (Å²) in [6, 6.07) is 7.41. The number of anilines is 1. The average Bonchev–Trinajstić information content (AvgIpc) is 2.85. The lowest BCUT2D eigenvalue weighted by atomic mass is 10.2. The second-order valence-electron chi connectivity index (χ2n) is 5.02. The van der Waals surface area contributed by atoms with Gasteiger partial charge in [0.2, 0.25) is 5.95 Å². The van der Waals surface area contributed by atoms with Gasteiger partial charge in [-0.2, -0.15) is 0 Å². The zero-order valence-corrected chi connectivity index (χ0v) is 12.9. The number of nitrogens with one attached hydrogen (secondary N) is 1. The zero-order valence-electron chi connectivity index (χ0n) is 12.9. The maximum Gasteiger partial charge on any atom is 0.328 e. The molecule has 1 atom stereocenters. The van der Waals surface area contributed by atoms with E-state index in [0.717, 1.165) is 30.4 Å². The number of nitrogens with zero attached hydrogens (tertiary/aromatic N) is 2. The van der Waals surface area contributed by atoms with Gasteiger partial charge in [-0.05, 0) is 32.4 Å². The van der Waals surface area contributed by atoms with Gasteiger partial charge in [0.1, 0.15) is 6.04 Å². The molecule has 0 spiro atoms. The van der Waals surface area contributed by atoms with Gasteiger partial charge in [0.25, 0.3) is 0 Å². The van der Waals surface area contributed by atoms with Crippen LogP contribution in [-0.4, -0.2) is 28.7 Å². The summed E-state index contributed by atoms with van der Waals surface area (Å²) in [4.78, 5) is 16.8. The first-order valence-electron chi connectivity index (χ1n) is 7.56. The number of carbonyl (C=O) groups is 1. The van der Waals surface area contributed by atoms with Crippen LogP contribution in [-0.2, 0) is 9.53 Å². The molecule has 2 aromatic rings. The van der Waals surface area contributed by atoms with Crippen molar-refractivity contribution in [3.8, 4) is 0 Å². The van der Waals surface area contributed by atoms with Crippen LogP contribution >= 0.6 is 0 Å². The highest BCUT2D eigenvalue weighted by Gasteiger charge is 2.22. The van der Waals surface area contributed by atoms with Crippen LogP contribution in [0.25, 0.3) is 11.0 Å². The van der Waals surface area contributed by atoms with Crippen molar-refractivity contribution in [3.63, 3.8) is 0 Å². The molecule has 5 nitrogen and oxygen atoms in total. The number of esters is 1. The highest BCUT2D eigenvalue weighted by Crippen LogP contribution is 2.25. The number of unbranched alkanes of at least 4 members (excludes halogenated alkanes) is 1. The SMILES string of the molecule is CCCCOC(=O)C(C)n1c(NCC)nc2ccccc21. The van der Waals surface area contributed by atoms with Crippen molar-refractivity contribution in [2.24, 2.45) is 0 Å². The van der Waals surface area contributed by atoms with Crippen LogP contribution in [0.2, 0.25) is 0 Å². The predicted molar refractivity (Wildman–Crippen MR) is 84.5 cm³/mol. The highest BCUT2D eigenvalue weighted by molar-refractivity contribution is 5.83. The van der Waals surface area contributed by atoms with Gasteiger partial charge in [-0.3, -0.25) is 4.57 Å². The van der Waals surface area contributed by atoms with E-state index < -0.39 is 6.04 Å². The average molecular weight is 289 g/mol. The fourth-order valence-corrected chi connectivity index (χ4v) is 2.26. The molecular weight excluding hydrogens is 266 g/mol. The number of hydrogen-bond acceptors (Lipinski definition) is 4. The summed E-state index contributed by atoms with van der Waals surface area (Å²) in [5.41, 5.74) is 1.81. The minimum Gasteiger partial charge on any atom is -0.464 e. The van der Waals surface area contributed by atoms with Crippen LogP contribution in [0.4, 0.5) is 5.95 Å². The Hall–Kier alpha value is -2.04. The molecule has 2 rings (SSSR count). The van der Waals surface area contributed by atoms with Gasteiger partial charge in [0.15, 0.2) is 0 Å². The second-order valence-corrected chi connectivity index (χ2v) is 5.02. The van der Waals surface area contributed by atoms with Crippen molar-refractivity contribution in [2.45, 2.75) is 39.7 Å². The smallest absolute Gasteiger partial charge is 0.328 e. The number of para-hydroxylation sites is 2. The number of benzene rings is 1. The van der Waals surface area contributed by atoms with E-state index in [4.69, 9.17) is 4.74 Å². The molecule has 0 fully saturated rings. The van der Waals surface area contributed by atoms with Gasteiger partial charge >= 0.3 is 5.97 Å². The predicted octanol–water partition coefficient (Wildman–Crippen LogP) is 3.37. The van der Waals surface area contributed by atoms with E-state index in [9.17, 15) is 4.79 Å². The third kappa shape index (κ3) is 3.35. The molecule has 1 heterocycles. The van der Waals surface area contributed by atoms with E-state index in [2.05, 4.69) is 17.2 Å². The van der Waals surface area contributed by atoms with Gasteiger partial charge in [-0.25, -0.2) is 9.78 Å². The zero-order chi connectivity index (χ0) is 15.2. The van der Waals surface area contributed by atoms with E-state index in [0.29, 0.717) is 12.6 Å². The molecule has 0 radical (unpaired) electrons. The monoisotopic (exact) mass is 289 g/mol. The minimum absolute atomic E-state index is 0.217. The van der Waals surface area contributed by atoms with E-state index in [-0.39, 0.29) is 5.97 Å². The fourth-order valence-electron chi connectivity index (χ4n) is 2.26. The number of imidazole rings is 1. The van der Waals surface area contributed by atoms with Crippen molar-refractivity contribution in [2.75, 3.05) is 18.5 Å². The Balaban J connectivity index is 2.29. The lowest BCUT2D eigenvalue weighted by Crippen LogP contribution is -2.21. The van der Waals surface area contributed by atoms with Crippen LogP contribution in [0.15, 0.2) is 24.3 Å². The van der Waals surface area contributed by atoms with Gasteiger partial charge < -0.3 is 10.1 Å². The number of aromatic nitrogens is 2. The number of carbonyl (C=O) groups excluding carboxylic acids is 1. The Bertz CT molecular complexity index is 607. The Morgan fingerprint density at radius 1 is 1.38 bits per heavy atom. The van der Waals surface area contributed by atoms with Gasteiger partial charge in [-0.1, -0.05) is 25.5 Å². The van der Waals surface area contributed by atoms with Crippen molar-refractivity contribution in [1.82, 2.24) is 9.55 Å². The Morgan fingerprint density at radius 2 is 2.14 bits per heavy atom. The first kappa shape index (κ1) is 15.4. The molecule has 1 aromatic carbocycles. The summed E-state index contributed by atoms with van der Waals surface area (Å²) >= 11 is 0. The molecule has 0 aliphatic heterocycles. The normalized spacial score (nSPS) is 12.3. The maximum absolute atomic E-state index is 12.2. The fraction of sp³-hybridized carbons (Fsp3) is 0.500. The van der Waals surface area contributed by atoms with Crippen molar-refractivity contribution in [3.05, 3.63) is 24.3 Å². The van der Waals surface area contributed by atoms with Crippen LogP contribution in [0.3, 0.4) is 0 Å². The topological polar surface area (TPSA) is 56.1 Å². The number of fused-ring (bicyclic) bond motifs is 1. The lowest BCUT2D eigenvalue weighted by molar-refractivity contribution is -0.147. The summed E-state index contributed by atoms with van der Waals surface area (Å²) in [5, 5.41) is 3.21. The standard InChI is InChI=1S/C16H23N3O2/c1-4-6-11-21-15(20)12(3)19-14-10-8-7-9-13(14)18-16(19)17-5-2/h7-10,12H,4-6,11H2,1-3H3,(H,17,18). The summed E-state index contributed by atoms with van der Waals surface area (Å²) in [5.74, 6) is 0.490. The molecule has 5 heteroatoms. The number of rotatable bonds is 7. The Morgan fingerprint density at radius 3 is 2.86 bits per heavy atom. The first-order valence-corrected chi connectivity index (χ1v) is 7.56. The molecule has 1 aromatic heterocycles. The molecule has 0 amide bonds. The summed E-state index contributed by atoms with van der Waals surface area (Å²) in [6.07, 6.45) is 1.90. The van der Waals surface area contributed by atoms with E-state index in [1.54, 1.807) is 0 Å². The quantitative estimate of drug-likeness (QED) is 0.627. The van der Waals surface area contributed by atoms with Gasteiger partial charge in [0.05, 0.1) is 17.6 Å². The van der Waals surface area contributed by atoms with Gasteiger partial charge in [-0.15, -0.1) is 0 Å². The summed E-state index contributed by atoms with van der Waals surface area (Å²) < 4.78 is 7.24. The van der Waals surface area contributed by atoms with Crippen LogP contribution in [0.1, 0.15) is 39.7 Å². The summed E-state index contributed by atoms with van der Waals surface area (Å²) in [6.45, 7) is 7.16. The van der Waals surface area contributed by atoms with Crippen LogP contribution in [0, 0.1) is 0 Å². The van der Waals surface area contributed by atoms with E-state index in [1.807, 2.05) is 42.7 Å². The summed E-state index contributed by atoms with van der Waals surface area (Å²) in [7, 11) is 0. The molecule has 0 saturated carbocycles. The molecule has 1 N–H and O–H groups in total. The molecule has 1 unspecified atom stereocenters. The Kier molecular flexibility index (Phi) is 5.20. The van der Waals surface area contributed by atoms with Crippen molar-refractivity contribution >= 4 is 23.0 Å². The molecule has 114 valence electrons. The Labute approximate surface area is 125 Å². The molecule has 21 heavy (non-hydrogen) atoms. The minimum atomic E-state index is -0.400. The lowest BCUT2D eigenvalue weighted by Gasteiger charge is -2.16. The second kappa shape index (κ2) is 7.11.